The third kappa shape index (κ3) is 3.15. The van der Waals surface area contributed by atoms with Gasteiger partial charge >= 0.3 is 0 Å². The number of amides is 1. The van der Waals surface area contributed by atoms with Crippen molar-refractivity contribution in [1.82, 2.24) is 9.97 Å². The summed E-state index contributed by atoms with van der Waals surface area (Å²) in [4.78, 5) is 20.3. The number of nitrogens with one attached hydrogen (secondary N) is 2. The van der Waals surface area contributed by atoms with Crippen molar-refractivity contribution in [3.05, 3.63) is 77.9 Å². The molecule has 128 valence electrons. The third-order valence-electron chi connectivity index (χ3n) is 4.19. The number of H-pyrrole nitrogens is 1. The molecular formula is C21H17N3O2. The smallest absolute Gasteiger partial charge is 0.255 e. The first kappa shape index (κ1) is 15.9. The molecule has 1 heterocycles. The largest absolute Gasteiger partial charge is 0.508 e. The summed E-state index contributed by atoms with van der Waals surface area (Å²) in [6, 6.07) is 19.8. The zero-order valence-electron chi connectivity index (χ0n) is 14.2. The number of aromatic amines is 1. The number of benzene rings is 3. The number of fused-ring (bicyclic) bond motifs is 1. The molecule has 0 saturated carbocycles. The van der Waals surface area contributed by atoms with Crippen LogP contribution < -0.4 is 5.32 Å². The van der Waals surface area contributed by atoms with Crippen LogP contribution in [0.4, 0.5) is 5.69 Å². The first-order chi connectivity index (χ1) is 12.6. The van der Waals surface area contributed by atoms with E-state index in [1.165, 1.54) is 17.7 Å². The quantitative estimate of drug-likeness (QED) is 0.479. The molecule has 0 aliphatic carbocycles. The highest BCUT2D eigenvalue weighted by molar-refractivity contribution is 6.06. The number of phenols is 1. The molecule has 0 fully saturated rings. The average Bonchev–Trinajstić information content (AvgIpc) is 3.07. The van der Waals surface area contributed by atoms with Gasteiger partial charge in [-0.2, -0.15) is 0 Å². The standard InChI is InChI=1S/C21H17N3O2/c1-13-2-4-14(5-3-13)20-23-18-11-6-15(12-19(18)24-20)21(26)22-16-7-9-17(25)10-8-16/h2-12,25H,1H3,(H,22,26)(H,23,24). The van der Waals surface area contributed by atoms with Crippen LogP contribution in [0.2, 0.25) is 0 Å². The fourth-order valence-electron chi connectivity index (χ4n) is 2.75. The van der Waals surface area contributed by atoms with Crippen LogP contribution in [0.3, 0.4) is 0 Å². The molecule has 26 heavy (non-hydrogen) atoms. The molecule has 1 aromatic heterocycles. The summed E-state index contributed by atoms with van der Waals surface area (Å²) in [6.45, 7) is 2.04. The number of anilines is 1. The van der Waals surface area contributed by atoms with Gasteiger partial charge in [-0.1, -0.05) is 29.8 Å². The van der Waals surface area contributed by atoms with Gasteiger partial charge in [0.05, 0.1) is 11.0 Å². The Labute approximate surface area is 150 Å². The molecule has 0 aliphatic heterocycles. The second-order valence-corrected chi connectivity index (χ2v) is 6.18. The summed E-state index contributed by atoms with van der Waals surface area (Å²) in [5.41, 5.74) is 4.96. The molecule has 4 aromatic rings. The lowest BCUT2D eigenvalue weighted by atomic mass is 10.1. The van der Waals surface area contributed by atoms with Crippen molar-refractivity contribution in [2.75, 3.05) is 5.32 Å². The zero-order chi connectivity index (χ0) is 18.1. The van der Waals surface area contributed by atoms with Crippen LogP contribution in [0.25, 0.3) is 22.4 Å². The number of aryl methyl sites for hydroxylation is 1. The Morgan fingerprint density at radius 2 is 1.73 bits per heavy atom. The van der Waals surface area contributed by atoms with E-state index in [9.17, 15) is 9.90 Å². The van der Waals surface area contributed by atoms with Crippen molar-refractivity contribution in [2.24, 2.45) is 0 Å². The average molecular weight is 343 g/mol. The lowest BCUT2D eigenvalue weighted by molar-refractivity contribution is 0.102. The van der Waals surface area contributed by atoms with Gasteiger partial charge in [-0.15, -0.1) is 0 Å². The second kappa shape index (κ2) is 6.37. The minimum absolute atomic E-state index is 0.158. The molecular weight excluding hydrogens is 326 g/mol. The molecule has 0 bridgehead atoms. The maximum Gasteiger partial charge on any atom is 0.255 e. The number of carbonyl (C=O) groups is 1. The monoisotopic (exact) mass is 343 g/mol. The molecule has 4 rings (SSSR count). The molecule has 0 radical (unpaired) electrons. The van der Waals surface area contributed by atoms with Gasteiger partial charge in [0, 0.05) is 16.8 Å². The molecule has 1 amide bonds. The number of rotatable bonds is 3. The van der Waals surface area contributed by atoms with Crippen molar-refractivity contribution < 1.29 is 9.90 Å². The van der Waals surface area contributed by atoms with E-state index < -0.39 is 0 Å². The van der Waals surface area contributed by atoms with Crippen LogP contribution in [0, 0.1) is 6.92 Å². The van der Waals surface area contributed by atoms with E-state index in [1.807, 2.05) is 37.3 Å². The molecule has 3 N–H and O–H groups in total. The summed E-state index contributed by atoms with van der Waals surface area (Å²) < 4.78 is 0. The van der Waals surface area contributed by atoms with E-state index in [-0.39, 0.29) is 11.7 Å². The van der Waals surface area contributed by atoms with Crippen molar-refractivity contribution in [2.45, 2.75) is 6.92 Å². The minimum Gasteiger partial charge on any atom is -0.508 e. The summed E-state index contributed by atoms with van der Waals surface area (Å²) in [6.07, 6.45) is 0. The van der Waals surface area contributed by atoms with Crippen molar-refractivity contribution in [3.8, 4) is 17.1 Å². The second-order valence-electron chi connectivity index (χ2n) is 6.18. The number of hydrogen-bond donors (Lipinski definition) is 3. The Hall–Kier alpha value is -3.60. The van der Waals surface area contributed by atoms with E-state index >= 15 is 0 Å². The number of phenolic OH excluding ortho intramolecular Hbond substituents is 1. The van der Waals surface area contributed by atoms with Gasteiger partial charge in [0.2, 0.25) is 0 Å². The van der Waals surface area contributed by atoms with Crippen LogP contribution in [-0.4, -0.2) is 21.0 Å². The third-order valence-corrected chi connectivity index (χ3v) is 4.19. The van der Waals surface area contributed by atoms with E-state index in [1.54, 1.807) is 24.3 Å². The van der Waals surface area contributed by atoms with Crippen LogP contribution >= 0.6 is 0 Å². The van der Waals surface area contributed by atoms with Gasteiger partial charge < -0.3 is 15.4 Å². The Bertz CT molecular complexity index is 1080. The van der Waals surface area contributed by atoms with E-state index in [0.29, 0.717) is 11.3 Å². The number of carbonyl (C=O) groups excluding carboxylic acids is 1. The number of imidazole rings is 1. The minimum atomic E-state index is -0.218. The summed E-state index contributed by atoms with van der Waals surface area (Å²) >= 11 is 0. The van der Waals surface area contributed by atoms with Crippen LogP contribution in [0.15, 0.2) is 66.7 Å². The van der Waals surface area contributed by atoms with Crippen molar-refractivity contribution in [3.63, 3.8) is 0 Å². The molecule has 0 atom stereocenters. The SMILES string of the molecule is Cc1ccc(-c2nc3ccc(C(=O)Nc4ccc(O)cc4)cc3[nH]2)cc1. The Morgan fingerprint density at radius 1 is 1.00 bits per heavy atom. The van der Waals surface area contributed by atoms with Gasteiger partial charge in [0.25, 0.3) is 5.91 Å². The van der Waals surface area contributed by atoms with Crippen LogP contribution in [0.1, 0.15) is 15.9 Å². The van der Waals surface area contributed by atoms with Gasteiger partial charge in [-0.3, -0.25) is 4.79 Å². The lowest BCUT2D eigenvalue weighted by Gasteiger charge is -2.05. The van der Waals surface area contributed by atoms with Crippen LogP contribution in [-0.2, 0) is 0 Å². The highest BCUT2D eigenvalue weighted by Crippen LogP contribution is 2.22. The molecule has 5 nitrogen and oxygen atoms in total. The van der Waals surface area contributed by atoms with Gasteiger partial charge in [0.15, 0.2) is 0 Å². The lowest BCUT2D eigenvalue weighted by Crippen LogP contribution is -2.11. The summed E-state index contributed by atoms with van der Waals surface area (Å²) in [5, 5.41) is 12.1. The summed E-state index contributed by atoms with van der Waals surface area (Å²) in [7, 11) is 0. The molecule has 0 aliphatic rings. The first-order valence-corrected chi connectivity index (χ1v) is 8.26. The van der Waals surface area contributed by atoms with Gasteiger partial charge in [-0.25, -0.2) is 4.98 Å². The molecule has 3 aromatic carbocycles. The van der Waals surface area contributed by atoms with Crippen molar-refractivity contribution >= 4 is 22.6 Å². The van der Waals surface area contributed by atoms with E-state index in [4.69, 9.17) is 0 Å². The van der Waals surface area contributed by atoms with Gasteiger partial charge in [-0.05, 0) is 49.4 Å². The molecule has 0 spiro atoms. The topological polar surface area (TPSA) is 78.0 Å². The normalized spacial score (nSPS) is 10.8. The van der Waals surface area contributed by atoms with E-state index in [0.717, 1.165) is 22.4 Å². The fraction of sp³-hybridized carbons (Fsp3) is 0.0476. The Morgan fingerprint density at radius 3 is 2.46 bits per heavy atom. The predicted molar refractivity (Wildman–Crippen MR) is 102 cm³/mol. The Balaban J connectivity index is 1.61. The summed E-state index contributed by atoms with van der Waals surface area (Å²) in [5.74, 6) is 0.714. The molecule has 0 unspecified atom stereocenters. The fourth-order valence-corrected chi connectivity index (χ4v) is 2.75. The van der Waals surface area contributed by atoms with E-state index in [2.05, 4.69) is 15.3 Å². The van der Waals surface area contributed by atoms with Crippen LogP contribution in [0.5, 0.6) is 5.75 Å². The highest BCUT2D eigenvalue weighted by Gasteiger charge is 2.10. The Kier molecular flexibility index (Phi) is 3.89. The number of aromatic hydroxyl groups is 1. The molecule has 0 saturated heterocycles. The number of aromatic nitrogens is 2. The van der Waals surface area contributed by atoms with Gasteiger partial charge in [0.1, 0.15) is 11.6 Å². The van der Waals surface area contributed by atoms with Crippen molar-refractivity contribution in [1.29, 1.82) is 0 Å². The maximum atomic E-state index is 12.4. The first-order valence-electron chi connectivity index (χ1n) is 8.26. The molecule has 5 heteroatoms. The number of nitrogens with zero attached hydrogens (tertiary/aromatic N) is 1. The zero-order valence-corrected chi connectivity index (χ0v) is 14.2. The number of hydrogen-bond acceptors (Lipinski definition) is 3. The highest BCUT2D eigenvalue weighted by atomic mass is 16.3. The predicted octanol–water partition coefficient (Wildman–Crippen LogP) is 4.50. The maximum absolute atomic E-state index is 12.4.